The molecule has 1 saturated heterocycles. The van der Waals surface area contributed by atoms with Crippen molar-refractivity contribution in [2.75, 3.05) is 26.8 Å². The molecule has 1 aromatic carbocycles. The molecule has 27 heavy (non-hydrogen) atoms. The Balaban J connectivity index is 1.56. The van der Waals surface area contributed by atoms with Gasteiger partial charge in [-0.25, -0.2) is 4.79 Å². The monoisotopic (exact) mass is 376 g/mol. The Bertz CT molecular complexity index is 669. The third-order valence-corrected chi connectivity index (χ3v) is 5.45. The van der Waals surface area contributed by atoms with Crippen LogP contribution in [0.15, 0.2) is 24.3 Å². The average Bonchev–Trinajstić information content (AvgIpc) is 2.85. The molecule has 1 spiro atoms. The Kier molecular flexibility index (Phi) is 5.89. The lowest BCUT2D eigenvalue weighted by Crippen LogP contribution is -2.49. The van der Waals surface area contributed by atoms with Crippen molar-refractivity contribution in [3.05, 3.63) is 24.3 Å². The molecule has 7 heteroatoms. The molecule has 0 bridgehead atoms. The van der Waals surface area contributed by atoms with E-state index in [1.54, 1.807) is 36.2 Å². The van der Waals surface area contributed by atoms with E-state index in [-0.39, 0.29) is 25.1 Å². The second-order valence-corrected chi connectivity index (χ2v) is 7.22. The van der Waals surface area contributed by atoms with E-state index in [2.05, 4.69) is 0 Å². The maximum Gasteiger partial charge on any atom is 0.327 e. The number of aliphatic hydroxyl groups excluding tert-OH is 1. The fraction of sp³-hybridized carbons (Fsp3) is 0.600. The highest BCUT2D eigenvalue weighted by molar-refractivity contribution is 6.07. The molecule has 0 radical (unpaired) electrons. The maximum atomic E-state index is 12.9. The topological polar surface area (TPSA) is 79.3 Å². The smallest absolute Gasteiger partial charge is 0.327 e. The van der Waals surface area contributed by atoms with Gasteiger partial charge in [-0.1, -0.05) is 19.3 Å². The minimum absolute atomic E-state index is 0.00174. The number of imide groups is 1. The van der Waals surface area contributed by atoms with Crippen LogP contribution in [-0.4, -0.2) is 65.3 Å². The standard InChI is InChI=1S/C20H28N2O5/c1-3-26-16-7-9-17(10-8-16)27-14-15(23)13-22-18(24)20(21(2)19(22)25)11-5-4-6-12-20/h7-10,15,23H,3-6,11-14H2,1-2H3/t15-/m1/s1. The van der Waals surface area contributed by atoms with Gasteiger partial charge in [0.1, 0.15) is 29.7 Å². The van der Waals surface area contributed by atoms with Crippen molar-refractivity contribution in [3.8, 4) is 11.5 Å². The number of aliphatic hydroxyl groups is 1. The molecule has 7 nitrogen and oxygen atoms in total. The van der Waals surface area contributed by atoms with Gasteiger partial charge in [0.15, 0.2) is 0 Å². The first kappa shape index (κ1) is 19.5. The Morgan fingerprint density at radius 2 is 1.67 bits per heavy atom. The highest BCUT2D eigenvalue weighted by atomic mass is 16.5. The number of rotatable bonds is 7. The molecule has 3 amide bonds. The molecule has 1 aliphatic heterocycles. The van der Waals surface area contributed by atoms with Crippen molar-refractivity contribution in [1.82, 2.24) is 9.80 Å². The summed E-state index contributed by atoms with van der Waals surface area (Å²) in [5.74, 6) is 1.16. The quantitative estimate of drug-likeness (QED) is 0.740. The molecule has 1 aromatic rings. The predicted octanol–water partition coefficient (Wildman–Crippen LogP) is 2.42. The third-order valence-electron chi connectivity index (χ3n) is 5.45. The SMILES string of the molecule is CCOc1ccc(OC[C@H](O)CN2C(=O)N(C)C3(CCCCC3)C2=O)cc1. The highest BCUT2D eigenvalue weighted by Gasteiger charge is 2.55. The highest BCUT2D eigenvalue weighted by Crippen LogP contribution is 2.39. The zero-order valence-corrected chi connectivity index (χ0v) is 16.0. The van der Waals surface area contributed by atoms with Crippen LogP contribution in [-0.2, 0) is 4.79 Å². The van der Waals surface area contributed by atoms with E-state index in [0.717, 1.165) is 25.0 Å². The summed E-state index contributed by atoms with van der Waals surface area (Å²) in [7, 11) is 1.69. The van der Waals surface area contributed by atoms with Crippen LogP contribution in [0, 0.1) is 0 Å². The van der Waals surface area contributed by atoms with Crippen molar-refractivity contribution in [1.29, 1.82) is 0 Å². The first-order valence-electron chi connectivity index (χ1n) is 9.61. The van der Waals surface area contributed by atoms with Gasteiger partial charge in [-0.2, -0.15) is 0 Å². The molecule has 1 atom stereocenters. The van der Waals surface area contributed by atoms with Crippen LogP contribution in [0.1, 0.15) is 39.0 Å². The lowest BCUT2D eigenvalue weighted by molar-refractivity contribution is -0.135. The number of hydrogen-bond donors (Lipinski definition) is 1. The molecule has 1 N–H and O–H groups in total. The molecule has 1 heterocycles. The number of benzene rings is 1. The first-order chi connectivity index (χ1) is 13.0. The van der Waals surface area contributed by atoms with Crippen molar-refractivity contribution in [2.45, 2.75) is 50.7 Å². The van der Waals surface area contributed by atoms with Gasteiger partial charge >= 0.3 is 6.03 Å². The van der Waals surface area contributed by atoms with Crippen LogP contribution >= 0.6 is 0 Å². The number of amides is 3. The van der Waals surface area contributed by atoms with Gasteiger partial charge in [0, 0.05) is 7.05 Å². The molecule has 3 rings (SSSR count). The Hall–Kier alpha value is -2.28. The summed E-state index contributed by atoms with van der Waals surface area (Å²) in [4.78, 5) is 28.2. The fourth-order valence-electron chi connectivity index (χ4n) is 3.95. The van der Waals surface area contributed by atoms with Crippen LogP contribution in [0.3, 0.4) is 0 Å². The second kappa shape index (κ2) is 8.17. The Morgan fingerprint density at radius 3 is 2.26 bits per heavy atom. The summed E-state index contributed by atoms with van der Waals surface area (Å²) in [6.07, 6.45) is 3.43. The minimum Gasteiger partial charge on any atom is -0.494 e. The van der Waals surface area contributed by atoms with E-state index in [4.69, 9.17) is 9.47 Å². The van der Waals surface area contributed by atoms with E-state index in [9.17, 15) is 14.7 Å². The predicted molar refractivity (Wildman–Crippen MR) is 99.8 cm³/mol. The lowest BCUT2D eigenvalue weighted by Gasteiger charge is -2.35. The van der Waals surface area contributed by atoms with Crippen LogP contribution in [0.25, 0.3) is 0 Å². The van der Waals surface area contributed by atoms with Gasteiger partial charge < -0.3 is 19.5 Å². The number of nitrogens with zero attached hydrogens (tertiary/aromatic N) is 2. The second-order valence-electron chi connectivity index (χ2n) is 7.22. The molecule has 1 saturated carbocycles. The first-order valence-corrected chi connectivity index (χ1v) is 9.61. The van der Waals surface area contributed by atoms with Gasteiger partial charge in [0.25, 0.3) is 5.91 Å². The zero-order chi connectivity index (χ0) is 19.4. The van der Waals surface area contributed by atoms with Crippen LogP contribution in [0.2, 0.25) is 0 Å². The summed E-state index contributed by atoms with van der Waals surface area (Å²) >= 11 is 0. The molecular formula is C20H28N2O5. The number of urea groups is 1. The molecule has 148 valence electrons. The van der Waals surface area contributed by atoms with E-state index in [1.807, 2.05) is 6.92 Å². The summed E-state index contributed by atoms with van der Waals surface area (Å²) in [6.45, 7) is 2.45. The normalized spacial score (nSPS) is 20.3. The van der Waals surface area contributed by atoms with Gasteiger partial charge in [-0.15, -0.1) is 0 Å². The van der Waals surface area contributed by atoms with Gasteiger partial charge in [-0.3, -0.25) is 9.69 Å². The van der Waals surface area contributed by atoms with Crippen molar-refractivity contribution < 1.29 is 24.2 Å². The number of likely N-dealkylation sites (N-methyl/N-ethyl adjacent to an activating group) is 1. The van der Waals surface area contributed by atoms with Crippen LogP contribution in [0.4, 0.5) is 4.79 Å². The molecule has 0 unspecified atom stereocenters. The molecule has 2 aliphatic rings. The number of hydrogen-bond acceptors (Lipinski definition) is 5. The molecular weight excluding hydrogens is 348 g/mol. The number of carbonyl (C=O) groups excluding carboxylic acids is 2. The molecule has 0 aromatic heterocycles. The zero-order valence-electron chi connectivity index (χ0n) is 16.0. The van der Waals surface area contributed by atoms with Gasteiger partial charge in [-0.05, 0) is 44.0 Å². The van der Waals surface area contributed by atoms with E-state index < -0.39 is 11.6 Å². The largest absolute Gasteiger partial charge is 0.494 e. The fourth-order valence-corrected chi connectivity index (χ4v) is 3.95. The van der Waals surface area contributed by atoms with Crippen LogP contribution < -0.4 is 9.47 Å². The average molecular weight is 376 g/mol. The van der Waals surface area contributed by atoms with E-state index in [0.29, 0.717) is 25.2 Å². The summed E-state index contributed by atoms with van der Waals surface area (Å²) in [5.41, 5.74) is -0.717. The number of carbonyl (C=O) groups is 2. The summed E-state index contributed by atoms with van der Waals surface area (Å²) < 4.78 is 10.9. The molecule has 2 fully saturated rings. The Labute approximate surface area is 159 Å². The van der Waals surface area contributed by atoms with Gasteiger partial charge in [0.05, 0.1) is 13.2 Å². The summed E-state index contributed by atoms with van der Waals surface area (Å²) in [6, 6.07) is 6.77. The van der Waals surface area contributed by atoms with Crippen molar-refractivity contribution in [3.63, 3.8) is 0 Å². The molecule has 1 aliphatic carbocycles. The van der Waals surface area contributed by atoms with Crippen molar-refractivity contribution >= 4 is 11.9 Å². The number of β-amino-alcohol motifs (C(OH)–C–C–N with tert-alkyl or cyclic N) is 1. The Morgan fingerprint density at radius 1 is 1.07 bits per heavy atom. The number of ether oxygens (including phenoxy) is 2. The minimum atomic E-state index is -0.948. The van der Waals surface area contributed by atoms with Crippen molar-refractivity contribution in [2.24, 2.45) is 0 Å². The van der Waals surface area contributed by atoms with E-state index >= 15 is 0 Å². The third kappa shape index (κ3) is 3.88. The maximum absolute atomic E-state index is 12.9. The lowest BCUT2D eigenvalue weighted by atomic mass is 9.81. The van der Waals surface area contributed by atoms with E-state index in [1.165, 1.54) is 4.90 Å². The summed E-state index contributed by atoms with van der Waals surface area (Å²) in [5, 5.41) is 10.3. The van der Waals surface area contributed by atoms with Gasteiger partial charge in [0.2, 0.25) is 0 Å². The van der Waals surface area contributed by atoms with Crippen LogP contribution in [0.5, 0.6) is 11.5 Å².